The van der Waals surface area contributed by atoms with Gasteiger partial charge in [-0.3, -0.25) is 4.79 Å². The number of aryl methyl sites for hydroxylation is 2. The maximum Gasteiger partial charge on any atom is 0.267 e. The van der Waals surface area contributed by atoms with Crippen molar-refractivity contribution in [1.29, 1.82) is 5.26 Å². The minimum Gasteiger partial charge on any atom is -0.386 e. The van der Waals surface area contributed by atoms with Crippen LogP contribution in [0.2, 0.25) is 0 Å². The molecule has 134 valence electrons. The molecule has 1 fully saturated rings. The van der Waals surface area contributed by atoms with Crippen molar-refractivity contribution >= 4 is 21.4 Å². The minimum atomic E-state index is -3.01. The smallest absolute Gasteiger partial charge is 0.267 e. The number of carbonyl (C=O) groups excluding carboxylic acids is 1. The fourth-order valence-electron chi connectivity index (χ4n) is 2.86. The van der Waals surface area contributed by atoms with E-state index in [4.69, 9.17) is 0 Å². The van der Waals surface area contributed by atoms with Crippen LogP contribution in [0.25, 0.3) is 0 Å². The molecule has 1 aromatic rings. The summed E-state index contributed by atoms with van der Waals surface area (Å²) in [5, 5.41) is 15.0. The summed E-state index contributed by atoms with van der Waals surface area (Å²) in [5.74, 6) is -0.329. The van der Waals surface area contributed by atoms with Crippen LogP contribution in [0.1, 0.15) is 31.4 Å². The number of hydrogen-bond acceptors (Lipinski definition) is 5. The molecule has 0 bridgehead atoms. The van der Waals surface area contributed by atoms with Crippen molar-refractivity contribution in [3.05, 3.63) is 41.1 Å². The highest BCUT2D eigenvalue weighted by molar-refractivity contribution is 7.91. The van der Waals surface area contributed by atoms with Gasteiger partial charge >= 0.3 is 0 Å². The number of nitrogens with one attached hydrogen (secondary N) is 2. The number of nitriles is 1. The lowest BCUT2D eigenvalue weighted by Gasteiger charge is -2.14. The van der Waals surface area contributed by atoms with Crippen LogP contribution < -0.4 is 10.6 Å². The van der Waals surface area contributed by atoms with Crippen LogP contribution >= 0.6 is 0 Å². The number of carbonyl (C=O) groups is 1. The normalized spacial score (nSPS) is 19.2. The SMILES string of the molecule is CCc1cccc(CC)c1NC(=O)/C(C#N)=C\NC1CCS(=O)(=O)C1. The van der Waals surface area contributed by atoms with Gasteiger partial charge in [-0.15, -0.1) is 0 Å². The average molecular weight is 361 g/mol. The molecule has 0 radical (unpaired) electrons. The number of benzene rings is 1. The Morgan fingerprint density at radius 2 is 1.96 bits per heavy atom. The molecule has 0 aliphatic carbocycles. The average Bonchev–Trinajstić information content (AvgIpc) is 2.94. The van der Waals surface area contributed by atoms with Gasteiger partial charge < -0.3 is 10.6 Å². The third-order valence-electron chi connectivity index (χ3n) is 4.30. The van der Waals surface area contributed by atoms with E-state index < -0.39 is 15.7 Å². The summed E-state index contributed by atoms with van der Waals surface area (Å²) in [7, 11) is -3.01. The lowest BCUT2D eigenvalue weighted by molar-refractivity contribution is -0.112. The first-order chi connectivity index (χ1) is 11.9. The Balaban J connectivity index is 2.13. The summed E-state index contributed by atoms with van der Waals surface area (Å²) < 4.78 is 22.9. The van der Waals surface area contributed by atoms with Crippen molar-refractivity contribution in [3.63, 3.8) is 0 Å². The van der Waals surface area contributed by atoms with E-state index in [2.05, 4.69) is 10.6 Å². The van der Waals surface area contributed by atoms with E-state index in [-0.39, 0.29) is 23.1 Å². The summed E-state index contributed by atoms with van der Waals surface area (Å²) >= 11 is 0. The van der Waals surface area contributed by atoms with Gasteiger partial charge in [0.15, 0.2) is 9.84 Å². The summed E-state index contributed by atoms with van der Waals surface area (Å²) in [6.07, 6.45) is 3.35. The molecular weight excluding hydrogens is 338 g/mol. The maximum absolute atomic E-state index is 12.5. The highest BCUT2D eigenvalue weighted by Gasteiger charge is 2.27. The Morgan fingerprint density at radius 1 is 1.32 bits per heavy atom. The summed E-state index contributed by atoms with van der Waals surface area (Å²) in [5.41, 5.74) is 2.71. The predicted octanol–water partition coefficient (Wildman–Crippen LogP) is 1.93. The van der Waals surface area contributed by atoms with Crippen LogP contribution in [0, 0.1) is 11.3 Å². The molecule has 0 aromatic heterocycles. The Kier molecular flexibility index (Phi) is 6.21. The standard InChI is InChI=1S/C18H23N3O3S/c1-3-13-6-5-7-14(4-2)17(13)21-18(22)15(10-19)11-20-16-8-9-25(23,24)12-16/h5-7,11,16,20H,3-4,8-9,12H2,1-2H3,(H,21,22)/b15-11-. The molecule has 2 N–H and O–H groups in total. The van der Waals surface area contributed by atoms with E-state index in [0.29, 0.717) is 6.42 Å². The van der Waals surface area contributed by atoms with Gasteiger partial charge in [0.05, 0.1) is 11.5 Å². The van der Waals surface area contributed by atoms with Crippen LogP contribution in [0.15, 0.2) is 30.0 Å². The Labute approximate surface area is 148 Å². The predicted molar refractivity (Wildman–Crippen MR) is 97.7 cm³/mol. The van der Waals surface area contributed by atoms with Gasteiger partial charge in [-0.05, 0) is 30.4 Å². The second-order valence-corrected chi connectivity index (χ2v) is 8.28. The molecule has 1 amide bonds. The molecule has 1 aliphatic rings. The molecule has 0 spiro atoms. The molecule has 7 heteroatoms. The second kappa shape index (κ2) is 8.17. The number of sulfone groups is 1. The first-order valence-corrected chi connectivity index (χ1v) is 10.2. The van der Waals surface area contributed by atoms with Crippen LogP contribution in [-0.4, -0.2) is 31.9 Å². The molecule has 1 saturated heterocycles. The number of anilines is 1. The number of para-hydroxylation sites is 1. The Morgan fingerprint density at radius 3 is 2.44 bits per heavy atom. The van der Waals surface area contributed by atoms with Gasteiger partial charge in [-0.2, -0.15) is 5.26 Å². The first-order valence-electron chi connectivity index (χ1n) is 8.39. The third kappa shape index (κ3) is 4.83. The van der Waals surface area contributed by atoms with Crippen LogP contribution in [0.3, 0.4) is 0 Å². The molecule has 1 heterocycles. The van der Waals surface area contributed by atoms with Gasteiger partial charge in [0.1, 0.15) is 11.6 Å². The molecule has 1 aliphatic heterocycles. The highest BCUT2D eigenvalue weighted by atomic mass is 32.2. The van der Waals surface area contributed by atoms with Gasteiger partial charge in [0.25, 0.3) is 5.91 Å². The zero-order valence-electron chi connectivity index (χ0n) is 14.5. The summed E-state index contributed by atoms with van der Waals surface area (Å²) in [4.78, 5) is 12.5. The van der Waals surface area contributed by atoms with Crippen LogP contribution in [0.4, 0.5) is 5.69 Å². The number of amides is 1. The summed E-state index contributed by atoms with van der Waals surface area (Å²) in [6, 6.07) is 7.48. The topological polar surface area (TPSA) is 99.1 Å². The zero-order valence-corrected chi connectivity index (χ0v) is 15.3. The summed E-state index contributed by atoms with van der Waals surface area (Å²) in [6.45, 7) is 4.02. The van der Waals surface area contributed by atoms with Crippen LogP contribution in [-0.2, 0) is 27.5 Å². The van der Waals surface area contributed by atoms with Crippen LogP contribution in [0.5, 0.6) is 0 Å². The van der Waals surface area contributed by atoms with Gasteiger partial charge in [-0.25, -0.2) is 8.42 Å². The van der Waals surface area contributed by atoms with Crippen molar-refractivity contribution in [2.24, 2.45) is 0 Å². The molecule has 25 heavy (non-hydrogen) atoms. The van der Waals surface area contributed by atoms with Gasteiger partial charge in [0, 0.05) is 17.9 Å². The molecule has 1 atom stereocenters. The molecule has 6 nitrogen and oxygen atoms in total. The lowest BCUT2D eigenvalue weighted by atomic mass is 10.0. The molecule has 1 unspecified atom stereocenters. The monoisotopic (exact) mass is 361 g/mol. The van der Waals surface area contributed by atoms with Crippen molar-refractivity contribution in [1.82, 2.24) is 5.32 Å². The quantitative estimate of drug-likeness (QED) is 0.596. The van der Waals surface area contributed by atoms with E-state index in [1.54, 1.807) is 0 Å². The van der Waals surface area contributed by atoms with E-state index in [1.807, 2.05) is 38.1 Å². The largest absolute Gasteiger partial charge is 0.386 e. The molecule has 0 saturated carbocycles. The highest BCUT2D eigenvalue weighted by Crippen LogP contribution is 2.23. The van der Waals surface area contributed by atoms with Crippen molar-refractivity contribution in [3.8, 4) is 6.07 Å². The van der Waals surface area contributed by atoms with Crippen molar-refractivity contribution < 1.29 is 13.2 Å². The zero-order chi connectivity index (χ0) is 18.4. The minimum absolute atomic E-state index is 0.0302. The van der Waals surface area contributed by atoms with Crippen molar-refractivity contribution in [2.75, 3.05) is 16.8 Å². The van der Waals surface area contributed by atoms with E-state index >= 15 is 0 Å². The third-order valence-corrected chi connectivity index (χ3v) is 6.07. The number of hydrogen-bond donors (Lipinski definition) is 2. The number of rotatable bonds is 6. The van der Waals surface area contributed by atoms with E-state index in [1.165, 1.54) is 6.20 Å². The lowest BCUT2D eigenvalue weighted by Crippen LogP contribution is -2.27. The fourth-order valence-corrected chi connectivity index (χ4v) is 4.55. The van der Waals surface area contributed by atoms with E-state index in [9.17, 15) is 18.5 Å². The van der Waals surface area contributed by atoms with Gasteiger partial charge in [0.2, 0.25) is 0 Å². The van der Waals surface area contributed by atoms with Gasteiger partial charge in [-0.1, -0.05) is 32.0 Å². The second-order valence-electron chi connectivity index (χ2n) is 6.05. The Bertz CT molecular complexity index is 800. The number of nitrogens with zero attached hydrogens (tertiary/aromatic N) is 1. The van der Waals surface area contributed by atoms with Crippen molar-refractivity contribution in [2.45, 2.75) is 39.2 Å². The molecular formula is C18H23N3O3S. The molecule has 2 rings (SSSR count). The first kappa shape index (κ1) is 19.0. The maximum atomic E-state index is 12.5. The molecule has 1 aromatic carbocycles. The fraction of sp³-hybridized carbons (Fsp3) is 0.444. The van der Waals surface area contributed by atoms with E-state index in [0.717, 1.165) is 29.7 Å². The Hall–Kier alpha value is -2.33.